The molecule has 5 atom stereocenters. The highest BCUT2D eigenvalue weighted by Gasteiger charge is 2.43. The second kappa shape index (κ2) is 13.8. The van der Waals surface area contributed by atoms with E-state index >= 15 is 0 Å². The Morgan fingerprint density at radius 3 is 2.61 bits per heavy atom. The minimum absolute atomic E-state index is 0.0594. The van der Waals surface area contributed by atoms with Crippen LogP contribution in [0.5, 0.6) is 0 Å². The summed E-state index contributed by atoms with van der Waals surface area (Å²) in [7, 11) is 0. The van der Waals surface area contributed by atoms with Gasteiger partial charge in [0.1, 0.15) is 11.9 Å². The predicted octanol–water partition coefficient (Wildman–Crippen LogP) is 6.22. The number of ether oxygens (including phenoxy) is 1. The first kappa shape index (κ1) is 30.7. The van der Waals surface area contributed by atoms with E-state index in [0.29, 0.717) is 23.6 Å². The summed E-state index contributed by atoms with van der Waals surface area (Å²) in [4.78, 5) is 30.8. The van der Waals surface area contributed by atoms with Gasteiger partial charge in [0, 0.05) is 17.7 Å². The van der Waals surface area contributed by atoms with Crippen molar-refractivity contribution in [2.45, 2.75) is 105 Å². The maximum atomic E-state index is 13.5. The number of carbonyl (C=O) groups is 2. The Morgan fingerprint density at radius 1 is 1.31 bits per heavy atom. The van der Waals surface area contributed by atoms with E-state index in [4.69, 9.17) is 16.3 Å². The Balaban J connectivity index is 2.36. The number of aromatic nitrogens is 1. The molecule has 0 unspecified atom stereocenters. The maximum absolute atomic E-state index is 13.5. The van der Waals surface area contributed by atoms with Crippen molar-refractivity contribution in [3.63, 3.8) is 0 Å². The summed E-state index contributed by atoms with van der Waals surface area (Å²) in [5.74, 6) is -1.51. The van der Waals surface area contributed by atoms with Crippen LogP contribution in [0.3, 0.4) is 0 Å². The lowest BCUT2D eigenvalue weighted by Gasteiger charge is -2.36. The predicted molar refractivity (Wildman–Crippen MR) is 146 cm³/mol. The number of thiazole rings is 1. The van der Waals surface area contributed by atoms with E-state index in [9.17, 15) is 19.8 Å². The van der Waals surface area contributed by atoms with Crippen molar-refractivity contribution < 1.29 is 24.5 Å². The normalized spacial score (nSPS) is 31.0. The Bertz CT molecular complexity index is 953. The van der Waals surface area contributed by atoms with Crippen molar-refractivity contribution in [2.24, 2.45) is 17.3 Å². The van der Waals surface area contributed by atoms with Crippen molar-refractivity contribution in [2.75, 3.05) is 0 Å². The summed E-state index contributed by atoms with van der Waals surface area (Å²) in [6.07, 6.45) is 4.76. The van der Waals surface area contributed by atoms with Crippen LogP contribution in [0.2, 0.25) is 0 Å². The van der Waals surface area contributed by atoms with E-state index in [1.807, 2.05) is 39.2 Å². The third-order valence-electron chi connectivity index (χ3n) is 7.17. The number of nitrogens with zero attached hydrogens (tertiary/aromatic N) is 1. The number of Topliss-reactive ketones (excluding diaryl/α,β-unsaturated/α-hetero) is 1. The van der Waals surface area contributed by atoms with Crippen LogP contribution in [0, 0.1) is 24.2 Å². The molecule has 0 saturated heterocycles. The first-order chi connectivity index (χ1) is 16.9. The Hall–Kier alpha value is -1.54. The van der Waals surface area contributed by atoms with Crippen LogP contribution in [0.1, 0.15) is 90.3 Å². The van der Waals surface area contributed by atoms with Crippen molar-refractivity contribution in [1.82, 2.24) is 4.98 Å². The van der Waals surface area contributed by atoms with E-state index in [-0.39, 0.29) is 18.1 Å². The second-order valence-corrected chi connectivity index (χ2v) is 12.1. The van der Waals surface area contributed by atoms with E-state index in [2.05, 4.69) is 4.98 Å². The molecule has 0 radical (unpaired) electrons. The fourth-order valence-electron chi connectivity index (χ4n) is 4.61. The number of aryl methyl sites for hydroxylation is 1. The van der Waals surface area contributed by atoms with Gasteiger partial charge in [-0.1, -0.05) is 57.4 Å². The molecule has 0 aliphatic carbocycles. The number of rotatable bonds is 4. The molecule has 0 saturated carbocycles. The SMILES string of the molecule is CCC[C@H]1C(=O)C(C)(C)[C@H](O)CC(=O)O[C@H](/C(Cl)=C/c2csc(C)n2)C/C=C(/C)CCC[C@@H](C)[C@@H]1O. The summed E-state index contributed by atoms with van der Waals surface area (Å²) in [6, 6.07) is 0. The highest BCUT2D eigenvalue weighted by molar-refractivity contribution is 7.09. The van der Waals surface area contributed by atoms with Gasteiger partial charge in [0.25, 0.3) is 0 Å². The van der Waals surface area contributed by atoms with Crippen LogP contribution < -0.4 is 0 Å². The van der Waals surface area contributed by atoms with Gasteiger partial charge in [0.15, 0.2) is 0 Å². The average molecular weight is 540 g/mol. The van der Waals surface area contributed by atoms with E-state index in [1.54, 1.807) is 19.9 Å². The van der Waals surface area contributed by atoms with Crippen LogP contribution in [0.25, 0.3) is 6.08 Å². The number of allylic oxidation sites excluding steroid dienone is 1. The van der Waals surface area contributed by atoms with Gasteiger partial charge in [0.05, 0.1) is 39.8 Å². The van der Waals surface area contributed by atoms with Crippen molar-refractivity contribution in [1.29, 1.82) is 0 Å². The molecule has 2 N–H and O–H groups in total. The van der Waals surface area contributed by atoms with Gasteiger partial charge < -0.3 is 14.9 Å². The molecule has 0 aromatic carbocycles. The van der Waals surface area contributed by atoms with E-state index < -0.39 is 35.6 Å². The minimum atomic E-state index is -1.26. The maximum Gasteiger partial charge on any atom is 0.309 e. The number of aliphatic hydroxyl groups is 2. The van der Waals surface area contributed by atoms with Crippen LogP contribution in [0.15, 0.2) is 22.1 Å². The Labute approximate surface area is 224 Å². The lowest BCUT2D eigenvalue weighted by Crippen LogP contribution is -2.46. The zero-order valence-corrected chi connectivity index (χ0v) is 24.0. The molecule has 1 aliphatic heterocycles. The summed E-state index contributed by atoms with van der Waals surface area (Å²) in [5.41, 5.74) is 0.620. The summed E-state index contributed by atoms with van der Waals surface area (Å²) in [6.45, 7) is 11.2. The summed E-state index contributed by atoms with van der Waals surface area (Å²) in [5, 5.41) is 25.2. The summed E-state index contributed by atoms with van der Waals surface area (Å²) < 4.78 is 5.72. The Kier molecular flexibility index (Phi) is 11.8. The first-order valence-corrected chi connectivity index (χ1v) is 14.2. The van der Waals surface area contributed by atoms with Gasteiger partial charge in [-0.05, 0) is 51.5 Å². The molecular weight excluding hydrogens is 498 g/mol. The molecule has 2 heterocycles. The molecule has 202 valence electrons. The van der Waals surface area contributed by atoms with Gasteiger partial charge in [-0.25, -0.2) is 4.98 Å². The van der Waals surface area contributed by atoms with Gasteiger partial charge in [0.2, 0.25) is 0 Å². The summed E-state index contributed by atoms with van der Waals surface area (Å²) >= 11 is 8.10. The molecule has 1 aromatic rings. The highest BCUT2D eigenvalue weighted by atomic mass is 35.5. The van der Waals surface area contributed by atoms with Crippen LogP contribution in [-0.2, 0) is 14.3 Å². The van der Waals surface area contributed by atoms with E-state index in [0.717, 1.165) is 36.3 Å². The van der Waals surface area contributed by atoms with Gasteiger partial charge in [-0.15, -0.1) is 11.3 Å². The van der Waals surface area contributed by atoms with Gasteiger partial charge in [-0.2, -0.15) is 0 Å². The van der Waals surface area contributed by atoms with Crippen molar-refractivity contribution in [3.05, 3.63) is 32.8 Å². The number of carbonyl (C=O) groups excluding carboxylic acids is 2. The van der Waals surface area contributed by atoms with Crippen LogP contribution in [0.4, 0.5) is 0 Å². The van der Waals surface area contributed by atoms with Gasteiger partial charge in [-0.3, -0.25) is 9.59 Å². The number of cyclic esters (lactones) is 1. The number of halogens is 1. The monoisotopic (exact) mass is 539 g/mol. The smallest absolute Gasteiger partial charge is 0.309 e. The average Bonchev–Trinajstić information content (AvgIpc) is 3.22. The second-order valence-electron chi connectivity index (χ2n) is 10.6. The molecule has 0 spiro atoms. The lowest BCUT2D eigenvalue weighted by molar-refractivity contribution is -0.154. The third kappa shape index (κ3) is 8.51. The molecule has 0 bridgehead atoms. The van der Waals surface area contributed by atoms with Crippen LogP contribution in [-0.4, -0.2) is 45.3 Å². The highest BCUT2D eigenvalue weighted by Crippen LogP contribution is 2.34. The molecule has 0 fully saturated rings. The minimum Gasteiger partial charge on any atom is -0.456 e. The molecule has 36 heavy (non-hydrogen) atoms. The van der Waals surface area contributed by atoms with Gasteiger partial charge >= 0.3 is 5.97 Å². The largest absolute Gasteiger partial charge is 0.456 e. The number of ketones is 1. The zero-order chi connectivity index (χ0) is 27.0. The Morgan fingerprint density at radius 2 is 2.00 bits per heavy atom. The number of hydrogen-bond donors (Lipinski definition) is 2. The first-order valence-electron chi connectivity index (χ1n) is 12.9. The molecule has 1 aliphatic rings. The number of esters is 1. The molecule has 0 amide bonds. The van der Waals surface area contributed by atoms with Crippen molar-refractivity contribution >= 4 is 40.8 Å². The molecule has 8 heteroatoms. The molecular formula is C28H42ClNO5S. The molecule has 1 aromatic heterocycles. The zero-order valence-electron chi connectivity index (χ0n) is 22.4. The quantitative estimate of drug-likeness (QED) is 0.348. The topological polar surface area (TPSA) is 96.7 Å². The molecule has 2 rings (SSSR count). The van der Waals surface area contributed by atoms with Crippen molar-refractivity contribution in [3.8, 4) is 0 Å². The fourth-order valence-corrected chi connectivity index (χ4v) is 5.42. The van der Waals surface area contributed by atoms with Crippen LogP contribution >= 0.6 is 22.9 Å². The number of aliphatic hydroxyl groups excluding tert-OH is 2. The lowest BCUT2D eigenvalue weighted by atomic mass is 9.71. The third-order valence-corrected chi connectivity index (χ3v) is 8.32. The van der Waals surface area contributed by atoms with E-state index in [1.165, 1.54) is 11.3 Å². The standard InChI is InChI=1S/C28H42ClNO5S/c1-7-9-21-26(33)18(3)11-8-10-17(2)12-13-23(22(29)14-20-16-36-19(4)30-20)35-25(32)15-24(31)28(5,6)27(21)34/h12,14,16,18,21,23-24,26,31,33H,7-11,13,15H2,1-6H3/b17-12-,22-14-/t18-,21-,23+,24-,26+/m1/s1. The fraction of sp³-hybridized carbons (Fsp3) is 0.679. The molecule has 6 nitrogen and oxygen atoms in total. The number of hydrogen-bond acceptors (Lipinski definition) is 7.